The van der Waals surface area contributed by atoms with Gasteiger partial charge in [0.2, 0.25) is 5.91 Å². The Morgan fingerprint density at radius 3 is 2.35 bits per heavy atom. The van der Waals surface area contributed by atoms with Gasteiger partial charge in [0, 0.05) is 54.5 Å². The number of amides is 3. The van der Waals surface area contributed by atoms with Crippen LogP contribution in [0.25, 0.3) is 10.8 Å². The van der Waals surface area contributed by atoms with Crippen molar-refractivity contribution in [3.63, 3.8) is 0 Å². The van der Waals surface area contributed by atoms with E-state index in [0.717, 1.165) is 17.0 Å². The number of carbonyl (C=O) groups excluding carboxylic acids is 2. The number of likely N-dealkylation sites (N-methyl/N-ethyl adjacent to an activating group) is 1. The first-order valence-electron chi connectivity index (χ1n) is 17.2. The molecule has 1 aromatic heterocycles. The number of pyridine rings is 1. The van der Waals surface area contributed by atoms with Crippen molar-refractivity contribution in [2.24, 2.45) is 0 Å². The first-order chi connectivity index (χ1) is 25.8. The molecule has 14 nitrogen and oxygen atoms in total. The number of sulfone groups is 1. The Labute approximate surface area is 316 Å². The maximum absolute atomic E-state index is 16.2. The number of halogens is 2. The van der Waals surface area contributed by atoms with Gasteiger partial charge in [-0.1, -0.05) is 6.92 Å². The molecular formula is C38H43F2N5O9S. The van der Waals surface area contributed by atoms with Gasteiger partial charge < -0.3 is 35.6 Å². The molecule has 1 unspecified atom stereocenters. The maximum Gasteiger partial charge on any atom is 0.425 e. The first-order valence-corrected chi connectivity index (χ1v) is 18.8. The Bertz CT molecular complexity index is 2260. The number of fused-ring (bicyclic) bond motifs is 1. The monoisotopic (exact) mass is 783 g/mol. The van der Waals surface area contributed by atoms with Gasteiger partial charge in [-0.05, 0) is 93.1 Å². The number of rotatable bonds is 12. The Morgan fingerprint density at radius 2 is 1.75 bits per heavy atom. The van der Waals surface area contributed by atoms with Crippen molar-refractivity contribution < 1.29 is 51.3 Å². The molecule has 4 aromatic rings. The fourth-order valence-corrected chi connectivity index (χ4v) is 7.90. The van der Waals surface area contributed by atoms with E-state index in [0.29, 0.717) is 18.4 Å². The van der Waals surface area contributed by atoms with Crippen molar-refractivity contribution in [2.45, 2.75) is 74.8 Å². The number of hydrogen-bond donors (Lipinski definition) is 4. The van der Waals surface area contributed by atoms with Gasteiger partial charge in [0.25, 0.3) is 0 Å². The number of benzene rings is 3. The molecule has 0 radical (unpaired) electrons. The summed E-state index contributed by atoms with van der Waals surface area (Å²) in [6.45, 7) is 5.66. The van der Waals surface area contributed by atoms with Crippen molar-refractivity contribution in [1.29, 1.82) is 0 Å². The minimum Gasteiger partial charge on any atom is -0.496 e. The van der Waals surface area contributed by atoms with E-state index < -0.39 is 68.2 Å². The number of anilines is 3. The zero-order valence-corrected chi connectivity index (χ0v) is 31.9. The van der Waals surface area contributed by atoms with Crippen LogP contribution in [0, 0.1) is 11.6 Å². The molecule has 0 bridgehead atoms. The molecule has 3 amide bonds. The van der Waals surface area contributed by atoms with Crippen LogP contribution in [0.1, 0.15) is 69.2 Å². The Balaban J connectivity index is 1.60. The van der Waals surface area contributed by atoms with Crippen LogP contribution >= 0.6 is 0 Å². The Kier molecular flexibility index (Phi) is 11.6. The van der Waals surface area contributed by atoms with Crippen LogP contribution in [0.15, 0.2) is 59.6 Å². The lowest BCUT2D eigenvalue weighted by Crippen LogP contribution is -2.40. The molecule has 5 rings (SSSR count). The molecule has 1 heterocycles. The molecule has 1 aliphatic carbocycles. The normalized spacial score (nSPS) is 14.2. The van der Waals surface area contributed by atoms with E-state index in [1.807, 2.05) is 0 Å². The Hall–Kier alpha value is -5.55. The number of imide groups is 1. The van der Waals surface area contributed by atoms with Gasteiger partial charge in [0.1, 0.15) is 29.0 Å². The fourth-order valence-electron chi connectivity index (χ4n) is 6.04. The third kappa shape index (κ3) is 8.73. The summed E-state index contributed by atoms with van der Waals surface area (Å²) < 4.78 is 69.7. The molecule has 55 heavy (non-hydrogen) atoms. The SMILES string of the molecule is COc1cc(C(Nc2cc3ccnc(N(C(=O)O)C(=O)OC(C)(C)C)c3cc2F)C(=O)N(C)Cc2cc(N)ccc2S(=O)(=O)C2CC2)c(F)cc1[C@@H](C)CO. The summed E-state index contributed by atoms with van der Waals surface area (Å²) in [4.78, 5) is 45.0. The van der Waals surface area contributed by atoms with Crippen LogP contribution in [0.4, 0.5) is 35.6 Å². The average Bonchev–Trinajstić information content (AvgIpc) is 3.96. The highest BCUT2D eigenvalue weighted by molar-refractivity contribution is 7.92. The molecule has 2 atom stereocenters. The first kappa shape index (κ1) is 40.6. The van der Waals surface area contributed by atoms with Crippen LogP contribution in [-0.2, 0) is 25.9 Å². The van der Waals surface area contributed by atoms with Crippen LogP contribution in [-0.4, -0.2) is 78.2 Å². The van der Waals surface area contributed by atoms with Crippen LogP contribution in [0.2, 0.25) is 0 Å². The molecule has 5 N–H and O–H groups in total. The highest BCUT2D eigenvalue weighted by atomic mass is 32.2. The third-order valence-electron chi connectivity index (χ3n) is 8.96. The van der Waals surface area contributed by atoms with Crippen molar-refractivity contribution >= 4 is 55.9 Å². The average molecular weight is 784 g/mol. The smallest absolute Gasteiger partial charge is 0.425 e. The highest BCUT2D eigenvalue weighted by Crippen LogP contribution is 2.38. The zero-order chi connectivity index (χ0) is 40.6. The number of nitrogens with zero attached hydrogens (tertiary/aromatic N) is 3. The predicted octanol–water partition coefficient (Wildman–Crippen LogP) is 6.37. The fraction of sp³-hybridized carbons (Fsp3) is 0.368. The summed E-state index contributed by atoms with van der Waals surface area (Å²) in [5, 5.41) is 22.0. The summed E-state index contributed by atoms with van der Waals surface area (Å²) in [7, 11) is -1.02. The van der Waals surface area contributed by atoms with E-state index >= 15 is 8.78 Å². The standard InChI is InChI=1S/C38H43F2N5O9S/c1-20(19-46)25-15-28(39)27(17-31(25)53-6)33(35(47)44(5)18-22-13-23(41)7-10-32(22)55(51,52)24-8-9-24)43-30-14-21-11-12-42-34(26(21)16-29(30)40)45(36(48)49)37(50)54-38(2,3)4/h7,10-17,20,24,33,43,46H,8-9,18-19,41H2,1-6H3,(H,48,49)/t20-,33?/m0/s1. The van der Waals surface area contributed by atoms with E-state index in [1.54, 1.807) is 6.92 Å². The van der Waals surface area contributed by atoms with Crippen molar-refractivity contribution in [1.82, 2.24) is 9.88 Å². The van der Waals surface area contributed by atoms with Crippen molar-refractivity contribution in [2.75, 3.05) is 36.7 Å². The second-order valence-corrected chi connectivity index (χ2v) is 16.6. The summed E-state index contributed by atoms with van der Waals surface area (Å²) in [6, 6.07) is 8.57. The highest BCUT2D eigenvalue weighted by Gasteiger charge is 2.39. The van der Waals surface area contributed by atoms with E-state index in [1.165, 1.54) is 77.5 Å². The van der Waals surface area contributed by atoms with E-state index in [4.69, 9.17) is 15.2 Å². The number of aliphatic hydroxyl groups is 1. The van der Waals surface area contributed by atoms with E-state index in [-0.39, 0.29) is 62.0 Å². The summed E-state index contributed by atoms with van der Waals surface area (Å²) in [5.41, 5.74) is 5.17. The van der Waals surface area contributed by atoms with Crippen LogP contribution in [0.5, 0.6) is 5.75 Å². The van der Waals surface area contributed by atoms with Crippen molar-refractivity contribution in [3.8, 4) is 5.75 Å². The third-order valence-corrected chi connectivity index (χ3v) is 11.3. The van der Waals surface area contributed by atoms with Gasteiger partial charge in [-0.3, -0.25) is 4.79 Å². The number of aromatic nitrogens is 1. The van der Waals surface area contributed by atoms with Gasteiger partial charge in [0.15, 0.2) is 15.7 Å². The minimum atomic E-state index is -3.72. The summed E-state index contributed by atoms with van der Waals surface area (Å²) >= 11 is 0. The largest absolute Gasteiger partial charge is 0.496 e. The molecule has 1 saturated carbocycles. The zero-order valence-electron chi connectivity index (χ0n) is 31.1. The van der Waals surface area contributed by atoms with Gasteiger partial charge in [-0.25, -0.2) is 31.8 Å². The van der Waals surface area contributed by atoms with Crippen LogP contribution in [0.3, 0.4) is 0 Å². The second kappa shape index (κ2) is 15.7. The minimum absolute atomic E-state index is 0.00956. The second-order valence-electron chi connectivity index (χ2n) is 14.4. The lowest BCUT2D eigenvalue weighted by atomic mass is 9.95. The van der Waals surface area contributed by atoms with Gasteiger partial charge in [0.05, 0.1) is 22.9 Å². The number of nitrogen functional groups attached to an aromatic ring is 1. The summed E-state index contributed by atoms with van der Waals surface area (Å²) in [5.74, 6) is -3.58. The van der Waals surface area contributed by atoms with Crippen molar-refractivity contribution in [3.05, 3.63) is 83.1 Å². The number of aliphatic hydroxyl groups excluding tert-OH is 1. The molecule has 0 aliphatic heterocycles. The number of nitrogens with two attached hydrogens (primary N) is 1. The molecule has 3 aromatic carbocycles. The number of hydrogen-bond acceptors (Lipinski definition) is 11. The van der Waals surface area contributed by atoms with E-state index in [9.17, 15) is 33.0 Å². The molecule has 0 saturated heterocycles. The molecule has 1 aliphatic rings. The molecule has 294 valence electrons. The number of ether oxygens (including phenoxy) is 2. The summed E-state index contributed by atoms with van der Waals surface area (Å²) in [6.07, 6.45) is -0.803. The van der Waals surface area contributed by atoms with Gasteiger partial charge in [-0.2, -0.15) is 4.90 Å². The van der Waals surface area contributed by atoms with Gasteiger partial charge >= 0.3 is 12.2 Å². The predicted molar refractivity (Wildman–Crippen MR) is 201 cm³/mol. The molecule has 0 spiro atoms. The Morgan fingerprint density at radius 1 is 1.05 bits per heavy atom. The number of methoxy groups -OCH3 is 1. The molecular weight excluding hydrogens is 741 g/mol. The lowest BCUT2D eigenvalue weighted by Gasteiger charge is -2.28. The topological polar surface area (TPSA) is 202 Å². The van der Waals surface area contributed by atoms with E-state index in [2.05, 4.69) is 10.3 Å². The van der Waals surface area contributed by atoms with Gasteiger partial charge in [-0.15, -0.1) is 0 Å². The number of carboxylic acid groups (broad SMARTS) is 1. The maximum atomic E-state index is 16.2. The molecule has 1 fully saturated rings. The number of nitrogens with one attached hydrogen (secondary N) is 1. The number of carbonyl (C=O) groups is 3. The quantitative estimate of drug-likeness (QED) is 0.116. The lowest BCUT2D eigenvalue weighted by molar-refractivity contribution is -0.131. The molecule has 17 heteroatoms. The van der Waals surface area contributed by atoms with Crippen LogP contribution < -0.4 is 20.7 Å².